The first-order valence-corrected chi connectivity index (χ1v) is 9.82. The van der Waals surface area contributed by atoms with Crippen LogP contribution in [-0.2, 0) is 16.2 Å². The van der Waals surface area contributed by atoms with Gasteiger partial charge in [0.2, 0.25) is 10.0 Å². The number of alkyl halides is 3. The Morgan fingerprint density at radius 1 is 1.04 bits per heavy atom. The van der Waals surface area contributed by atoms with Gasteiger partial charge in [-0.2, -0.15) is 17.9 Å². The fraction of sp³-hybridized carbons (Fsp3) is 0.300. The highest BCUT2D eigenvalue weighted by atomic mass is 32.2. The van der Waals surface area contributed by atoms with Crippen molar-refractivity contribution in [3.8, 4) is 17.6 Å². The molecular weight excluding hydrogens is 391 g/mol. The van der Waals surface area contributed by atoms with Gasteiger partial charge in [-0.1, -0.05) is 35.6 Å². The average Bonchev–Trinajstić information content (AvgIpc) is 2.56. The molecule has 0 atom stereocenters. The first-order valence-electron chi connectivity index (χ1n) is 8.34. The summed E-state index contributed by atoms with van der Waals surface area (Å²) in [5, 5.41) is 0. The maximum absolute atomic E-state index is 12.6. The minimum atomic E-state index is -4.45. The summed E-state index contributed by atoms with van der Waals surface area (Å²) in [4.78, 5) is 0.222. The second-order valence-electron chi connectivity index (χ2n) is 6.22. The maximum atomic E-state index is 12.6. The SMILES string of the molecule is Cc1cc(C)c(S(=O)(=O)NCC#CCOc2cccc(C(F)(F)F)c2)c(C)c1. The summed E-state index contributed by atoms with van der Waals surface area (Å²) in [7, 11) is -3.72. The van der Waals surface area contributed by atoms with Crippen molar-refractivity contribution in [1.82, 2.24) is 4.72 Å². The Kier molecular flexibility index (Phi) is 6.75. The standard InChI is InChI=1S/C20H20F3NO3S/c1-14-11-15(2)19(16(3)12-14)28(25,26)24-9-4-5-10-27-18-8-6-7-17(13-18)20(21,22)23/h6-8,11-13,24H,9-10H2,1-3H3. The molecule has 1 N–H and O–H groups in total. The van der Waals surface area contributed by atoms with Crippen molar-refractivity contribution in [3.63, 3.8) is 0 Å². The van der Waals surface area contributed by atoms with Crippen LogP contribution < -0.4 is 9.46 Å². The summed E-state index contributed by atoms with van der Waals surface area (Å²) in [5.74, 6) is 5.20. The third kappa shape index (κ3) is 5.75. The van der Waals surface area contributed by atoms with E-state index in [1.165, 1.54) is 12.1 Å². The van der Waals surface area contributed by atoms with Crippen LogP contribution in [0.4, 0.5) is 13.2 Å². The highest BCUT2D eigenvalue weighted by Crippen LogP contribution is 2.31. The molecule has 0 aromatic heterocycles. The van der Waals surface area contributed by atoms with Crippen molar-refractivity contribution in [2.75, 3.05) is 13.2 Å². The number of ether oxygens (including phenoxy) is 1. The molecule has 0 radical (unpaired) electrons. The predicted molar refractivity (Wildman–Crippen MR) is 101 cm³/mol. The van der Waals surface area contributed by atoms with E-state index in [1.54, 1.807) is 26.0 Å². The maximum Gasteiger partial charge on any atom is 0.416 e. The Balaban J connectivity index is 1.94. The molecule has 0 aliphatic rings. The zero-order valence-corrected chi connectivity index (χ0v) is 16.5. The number of halogens is 3. The Hall–Kier alpha value is -2.50. The quantitative estimate of drug-likeness (QED) is 0.757. The van der Waals surface area contributed by atoms with E-state index in [-0.39, 0.29) is 23.8 Å². The van der Waals surface area contributed by atoms with E-state index in [0.29, 0.717) is 11.1 Å². The molecule has 0 spiro atoms. The minimum Gasteiger partial charge on any atom is -0.481 e. The van der Waals surface area contributed by atoms with Gasteiger partial charge in [-0.3, -0.25) is 0 Å². The second kappa shape index (κ2) is 8.67. The Bertz CT molecular complexity index is 996. The smallest absolute Gasteiger partial charge is 0.416 e. The van der Waals surface area contributed by atoms with E-state index in [2.05, 4.69) is 16.6 Å². The summed E-state index contributed by atoms with van der Waals surface area (Å²) in [5.41, 5.74) is 1.45. The van der Waals surface area contributed by atoms with Gasteiger partial charge in [0, 0.05) is 0 Å². The molecule has 0 saturated carbocycles. The number of benzene rings is 2. The zero-order valence-electron chi connectivity index (χ0n) is 15.6. The summed E-state index contributed by atoms with van der Waals surface area (Å²) in [6, 6.07) is 8.04. The molecule has 8 heteroatoms. The van der Waals surface area contributed by atoms with Gasteiger partial charge in [0.05, 0.1) is 17.0 Å². The summed E-state index contributed by atoms with van der Waals surface area (Å²) in [6.45, 7) is 5.04. The van der Waals surface area contributed by atoms with Gasteiger partial charge < -0.3 is 4.74 Å². The van der Waals surface area contributed by atoms with E-state index in [1.807, 2.05) is 6.92 Å². The van der Waals surface area contributed by atoms with Crippen LogP contribution in [0.25, 0.3) is 0 Å². The molecule has 0 unspecified atom stereocenters. The monoisotopic (exact) mass is 411 g/mol. The Labute approximate surface area is 162 Å². The first-order chi connectivity index (χ1) is 13.0. The van der Waals surface area contributed by atoms with E-state index in [9.17, 15) is 21.6 Å². The normalized spacial score (nSPS) is 11.6. The van der Waals surface area contributed by atoms with Crippen molar-refractivity contribution < 1.29 is 26.3 Å². The van der Waals surface area contributed by atoms with E-state index in [0.717, 1.165) is 17.7 Å². The van der Waals surface area contributed by atoms with Gasteiger partial charge in [-0.15, -0.1) is 0 Å². The van der Waals surface area contributed by atoms with Crippen molar-refractivity contribution in [2.45, 2.75) is 31.8 Å². The lowest BCUT2D eigenvalue weighted by Gasteiger charge is -2.11. The van der Waals surface area contributed by atoms with Crippen molar-refractivity contribution in [2.24, 2.45) is 0 Å². The lowest BCUT2D eigenvalue weighted by atomic mass is 10.1. The topological polar surface area (TPSA) is 55.4 Å². The molecule has 28 heavy (non-hydrogen) atoms. The van der Waals surface area contributed by atoms with Gasteiger partial charge in [0.1, 0.15) is 12.4 Å². The number of hydrogen-bond acceptors (Lipinski definition) is 3. The molecule has 4 nitrogen and oxygen atoms in total. The summed E-state index contributed by atoms with van der Waals surface area (Å²) < 4.78 is 70.4. The van der Waals surface area contributed by atoms with Crippen molar-refractivity contribution in [3.05, 3.63) is 58.7 Å². The molecule has 0 bridgehead atoms. The fourth-order valence-electron chi connectivity index (χ4n) is 2.79. The summed E-state index contributed by atoms with van der Waals surface area (Å²) >= 11 is 0. The molecule has 2 aromatic rings. The lowest BCUT2D eigenvalue weighted by molar-refractivity contribution is -0.137. The molecule has 0 aliphatic carbocycles. The largest absolute Gasteiger partial charge is 0.481 e. The van der Waals surface area contributed by atoms with E-state index >= 15 is 0 Å². The van der Waals surface area contributed by atoms with E-state index < -0.39 is 21.8 Å². The molecule has 0 amide bonds. The molecule has 2 aromatic carbocycles. The average molecular weight is 411 g/mol. The Morgan fingerprint density at radius 2 is 1.68 bits per heavy atom. The van der Waals surface area contributed by atoms with Crippen molar-refractivity contribution >= 4 is 10.0 Å². The predicted octanol–water partition coefficient (Wildman–Crippen LogP) is 3.99. The van der Waals surface area contributed by atoms with Gasteiger partial charge in [0.25, 0.3) is 0 Å². The van der Waals surface area contributed by atoms with E-state index in [4.69, 9.17) is 4.74 Å². The molecule has 2 rings (SSSR count). The molecule has 0 fully saturated rings. The van der Waals surface area contributed by atoms with Crippen LogP contribution in [0.3, 0.4) is 0 Å². The van der Waals surface area contributed by atoms with Crippen LogP contribution >= 0.6 is 0 Å². The van der Waals surface area contributed by atoms with Crippen LogP contribution in [0.2, 0.25) is 0 Å². The molecule has 0 saturated heterocycles. The third-order valence-corrected chi connectivity index (χ3v) is 5.53. The van der Waals surface area contributed by atoms with Crippen LogP contribution in [0.1, 0.15) is 22.3 Å². The molecular formula is C20H20F3NO3S. The Morgan fingerprint density at radius 3 is 2.29 bits per heavy atom. The van der Waals surface area contributed by atoms with Crippen molar-refractivity contribution in [1.29, 1.82) is 0 Å². The van der Waals surface area contributed by atoms with Gasteiger partial charge in [0.15, 0.2) is 0 Å². The highest BCUT2D eigenvalue weighted by Gasteiger charge is 2.30. The summed E-state index contributed by atoms with van der Waals surface area (Å²) in [6.07, 6.45) is -4.45. The van der Waals surface area contributed by atoms with Crippen LogP contribution in [0.15, 0.2) is 41.3 Å². The lowest BCUT2D eigenvalue weighted by Crippen LogP contribution is -2.25. The minimum absolute atomic E-state index is 0.0376. The van der Waals surface area contributed by atoms with Gasteiger partial charge >= 0.3 is 6.18 Å². The molecule has 150 valence electrons. The van der Waals surface area contributed by atoms with Crippen LogP contribution in [-0.4, -0.2) is 21.6 Å². The molecule has 0 heterocycles. The van der Waals surface area contributed by atoms with Gasteiger partial charge in [-0.25, -0.2) is 8.42 Å². The molecule has 0 aliphatic heterocycles. The van der Waals surface area contributed by atoms with Gasteiger partial charge in [-0.05, 0) is 50.1 Å². The number of sulfonamides is 1. The number of nitrogens with one attached hydrogen (secondary N) is 1. The third-order valence-electron chi connectivity index (χ3n) is 3.82. The number of rotatable bonds is 5. The first kappa shape index (κ1) is 21.8. The second-order valence-corrected chi connectivity index (χ2v) is 7.92. The highest BCUT2D eigenvalue weighted by molar-refractivity contribution is 7.89. The van der Waals surface area contributed by atoms with Crippen LogP contribution in [0.5, 0.6) is 5.75 Å². The van der Waals surface area contributed by atoms with Crippen LogP contribution in [0, 0.1) is 32.6 Å². The number of aryl methyl sites for hydroxylation is 3. The number of hydrogen-bond donors (Lipinski definition) is 1. The fourth-order valence-corrected chi connectivity index (χ4v) is 4.16. The zero-order chi connectivity index (χ0) is 20.9.